The van der Waals surface area contributed by atoms with Gasteiger partial charge in [0.15, 0.2) is 0 Å². The third kappa shape index (κ3) is 4.05. The summed E-state index contributed by atoms with van der Waals surface area (Å²) in [6.45, 7) is 5.47. The van der Waals surface area contributed by atoms with E-state index in [2.05, 4.69) is 10.2 Å². The highest BCUT2D eigenvalue weighted by molar-refractivity contribution is 5.85. The van der Waals surface area contributed by atoms with Gasteiger partial charge in [-0.05, 0) is 25.1 Å². The van der Waals surface area contributed by atoms with Crippen LogP contribution in [0.2, 0.25) is 0 Å². The predicted molar refractivity (Wildman–Crippen MR) is 73.7 cm³/mol. The molecule has 18 heavy (non-hydrogen) atoms. The maximum absolute atomic E-state index is 13.6. The van der Waals surface area contributed by atoms with E-state index in [4.69, 9.17) is 0 Å². The van der Waals surface area contributed by atoms with Gasteiger partial charge in [0.1, 0.15) is 11.6 Å². The van der Waals surface area contributed by atoms with E-state index >= 15 is 0 Å². The monoisotopic (exact) mass is 298 g/mol. The third-order valence-electron chi connectivity index (χ3n) is 3.11. The van der Waals surface area contributed by atoms with E-state index < -0.39 is 0 Å². The maximum atomic E-state index is 13.6. The Hall–Kier alpha value is -0.420. The van der Waals surface area contributed by atoms with Crippen LogP contribution in [-0.4, -0.2) is 31.1 Å². The number of piperazine rings is 1. The fourth-order valence-electron chi connectivity index (χ4n) is 2.10. The summed E-state index contributed by atoms with van der Waals surface area (Å²) in [5.41, 5.74) is 0.446. The summed E-state index contributed by atoms with van der Waals surface area (Å²) in [6, 6.07) is 3.58. The number of halogens is 4. The molecule has 1 atom stereocenters. The molecule has 1 unspecified atom stereocenters. The van der Waals surface area contributed by atoms with E-state index in [0.717, 1.165) is 32.2 Å². The van der Waals surface area contributed by atoms with Gasteiger partial charge in [-0.2, -0.15) is 0 Å². The Balaban J connectivity index is 0.00000144. The molecule has 6 heteroatoms. The number of benzene rings is 1. The van der Waals surface area contributed by atoms with Crippen LogP contribution in [0.15, 0.2) is 18.2 Å². The van der Waals surface area contributed by atoms with Crippen molar-refractivity contribution in [1.82, 2.24) is 10.2 Å². The summed E-state index contributed by atoms with van der Waals surface area (Å²) in [7, 11) is 0. The molecule has 0 aliphatic carbocycles. The van der Waals surface area contributed by atoms with Gasteiger partial charge in [0.25, 0.3) is 0 Å². The van der Waals surface area contributed by atoms with Gasteiger partial charge in [-0.15, -0.1) is 24.8 Å². The number of nitrogens with one attached hydrogen (secondary N) is 1. The highest BCUT2D eigenvalue weighted by Gasteiger charge is 2.20. The molecule has 1 N–H and O–H groups in total. The smallest absolute Gasteiger partial charge is 0.128 e. The maximum Gasteiger partial charge on any atom is 0.128 e. The van der Waals surface area contributed by atoms with Crippen LogP contribution >= 0.6 is 24.8 Å². The molecule has 0 saturated carbocycles. The molecule has 1 aromatic rings. The minimum Gasteiger partial charge on any atom is -0.314 e. The highest BCUT2D eigenvalue weighted by atomic mass is 35.5. The Bertz CT molecular complexity index is 371. The Kier molecular flexibility index (Phi) is 7.71. The lowest BCUT2D eigenvalue weighted by Crippen LogP contribution is -2.44. The van der Waals surface area contributed by atoms with E-state index in [1.54, 1.807) is 0 Å². The zero-order chi connectivity index (χ0) is 11.5. The first-order valence-electron chi connectivity index (χ1n) is 5.58. The predicted octanol–water partition coefficient (Wildman–Crippen LogP) is 2.77. The molecule has 0 spiro atoms. The summed E-state index contributed by atoms with van der Waals surface area (Å²) in [4.78, 5) is 2.16. The summed E-state index contributed by atoms with van der Waals surface area (Å²) in [5, 5.41) is 3.24. The van der Waals surface area contributed by atoms with Crippen LogP contribution in [0.4, 0.5) is 8.78 Å². The molecular weight excluding hydrogens is 281 g/mol. The van der Waals surface area contributed by atoms with Crippen LogP contribution < -0.4 is 5.32 Å². The molecule has 1 fully saturated rings. The van der Waals surface area contributed by atoms with Crippen molar-refractivity contribution in [2.45, 2.75) is 13.0 Å². The second-order valence-corrected chi connectivity index (χ2v) is 4.13. The second kappa shape index (κ2) is 7.89. The standard InChI is InChI=1S/C12H16F2N2.2ClH/c1-9(16-6-4-15-5-7-16)11-8-10(13)2-3-12(11)14;;/h2-3,8-9,15H,4-7H2,1H3;2*1H. The quantitative estimate of drug-likeness (QED) is 0.903. The van der Waals surface area contributed by atoms with Gasteiger partial charge in [-0.1, -0.05) is 0 Å². The molecular formula is C12H18Cl2F2N2. The fourth-order valence-corrected chi connectivity index (χ4v) is 2.10. The minimum atomic E-state index is -0.376. The molecule has 1 aliphatic heterocycles. The Morgan fingerprint density at radius 1 is 1.17 bits per heavy atom. The molecule has 1 saturated heterocycles. The van der Waals surface area contributed by atoms with Gasteiger partial charge < -0.3 is 5.32 Å². The molecule has 0 bridgehead atoms. The Morgan fingerprint density at radius 3 is 2.39 bits per heavy atom. The number of rotatable bonds is 2. The number of hydrogen-bond acceptors (Lipinski definition) is 2. The van der Waals surface area contributed by atoms with Gasteiger partial charge in [-0.3, -0.25) is 4.90 Å². The normalized spacial score (nSPS) is 17.5. The lowest BCUT2D eigenvalue weighted by molar-refractivity contribution is 0.182. The van der Waals surface area contributed by atoms with Gasteiger partial charge >= 0.3 is 0 Å². The van der Waals surface area contributed by atoms with Crippen LogP contribution in [-0.2, 0) is 0 Å². The van der Waals surface area contributed by atoms with Crippen molar-refractivity contribution in [3.8, 4) is 0 Å². The molecule has 2 rings (SSSR count). The SMILES string of the molecule is CC(c1cc(F)ccc1F)N1CCNCC1.Cl.Cl. The summed E-state index contributed by atoms with van der Waals surface area (Å²) in [6.07, 6.45) is 0. The van der Waals surface area contributed by atoms with Crippen molar-refractivity contribution in [2.24, 2.45) is 0 Å². The van der Waals surface area contributed by atoms with Gasteiger partial charge in [0.05, 0.1) is 0 Å². The van der Waals surface area contributed by atoms with E-state index in [1.807, 2.05) is 6.92 Å². The number of hydrogen-bond donors (Lipinski definition) is 1. The molecule has 0 amide bonds. The molecule has 1 heterocycles. The lowest BCUT2D eigenvalue weighted by Gasteiger charge is -2.33. The summed E-state index contributed by atoms with van der Waals surface area (Å²) in [5.74, 6) is -0.703. The fraction of sp³-hybridized carbons (Fsp3) is 0.500. The van der Waals surface area contributed by atoms with Crippen molar-refractivity contribution >= 4 is 24.8 Å². The first kappa shape index (κ1) is 17.6. The van der Waals surface area contributed by atoms with Crippen molar-refractivity contribution < 1.29 is 8.78 Å². The second-order valence-electron chi connectivity index (χ2n) is 4.13. The minimum absolute atomic E-state index is 0. The van der Waals surface area contributed by atoms with Gasteiger partial charge in [0, 0.05) is 37.8 Å². The van der Waals surface area contributed by atoms with Crippen LogP contribution in [0.1, 0.15) is 18.5 Å². The van der Waals surface area contributed by atoms with Crippen LogP contribution in [0.25, 0.3) is 0 Å². The van der Waals surface area contributed by atoms with Gasteiger partial charge in [-0.25, -0.2) is 8.78 Å². The zero-order valence-electron chi connectivity index (χ0n) is 10.2. The first-order chi connectivity index (χ1) is 7.68. The van der Waals surface area contributed by atoms with Crippen molar-refractivity contribution in [1.29, 1.82) is 0 Å². The molecule has 0 radical (unpaired) electrons. The summed E-state index contributed by atoms with van der Waals surface area (Å²) < 4.78 is 26.6. The Labute approximate surface area is 119 Å². The average Bonchev–Trinajstić information content (AvgIpc) is 2.32. The highest BCUT2D eigenvalue weighted by Crippen LogP contribution is 2.23. The molecule has 2 nitrogen and oxygen atoms in total. The largest absolute Gasteiger partial charge is 0.314 e. The molecule has 104 valence electrons. The summed E-state index contributed by atoms with van der Waals surface area (Å²) >= 11 is 0. The van der Waals surface area contributed by atoms with Gasteiger partial charge in [0.2, 0.25) is 0 Å². The van der Waals surface area contributed by atoms with Crippen molar-refractivity contribution in [3.63, 3.8) is 0 Å². The first-order valence-corrected chi connectivity index (χ1v) is 5.58. The topological polar surface area (TPSA) is 15.3 Å². The zero-order valence-corrected chi connectivity index (χ0v) is 11.8. The van der Waals surface area contributed by atoms with Crippen LogP contribution in [0.3, 0.4) is 0 Å². The van der Waals surface area contributed by atoms with E-state index in [-0.39, 0.29) is 42.5 Å². The third-order valence-corrected chi connectivity index (χ3v) is 3.11. The lowest BCUT2D eigenvalue weighted by atomic mass is 10.1. The Morgan fingerprint density at radius 2 is 1.78 bits per heavy atom. The molecule has 0 aromatic heterocycles. The van der Waals surface area contributed by atoms with E-state index in [9.17, 15) is 8.78 Å². The average molecular weight is 299 g/mol. The number of nitrogens with zero attached hydrogens (tertiary/aromatic N) is 1. The van der Waals surface area contributed by atoms with Crippen LogP contribution in [0.5, 0.6) is 0 Å². The van der Waals surface area contributed by atoms with Crippen molar-refractivity contribution in [3.05, 3.63) is 35.4 Å². The van der Waals surface area contributed by atoms with E-state index in [1.165, 1.54) is 12.1 Å². The van der Waals surface area contributed by atoms with E-state index in [0.29, 0.717) is 5.56 Å². The molecule has 1 aromatic carbocycles. The van der Waals surface area contributed by atoms with Crippen molar-refractivity contribution in [2.75, 3.05) is 26.2 Å². The molecule has 1 aliphatic rings. The van der Waals surface area contributed by atoms with Crippen LogP contribution in [0, 0.1) is 11.6 Å².